The number of rotatable bonds is 3. The van der Waals surface area contributed by atoms with Gasteiger partial charge in [-0.3, -0.25) is 0 Å². The molecule has 0 spiro atoms. The number of nitrogens with one attached hydrogen (secondary N) is 1. The van der Waals surface area contributed by atoms with Crippen LogP contribution in [0.15, 0.2) is 41.1 Å². The Morgan fingerprint density at radius 3 is 2.79 bits per heavy atom. The molecule has 2 aromatic heterocycles. The fourth-order valence-corrected chi connectivity index (χ4v) is 2.17. The lowest BCUT2D eigenvalue weighted by Gasteiger charge is -2.05. The molecule has 0 aliphatic heterocycles. The van der Waals surface area contributed by atoms with Crippen molar-refractivity contribution in [2.45, 2.75) is 13.5 Å². The Morgan fingerprint density at radius 2 is 2.11 bits per heavy atom. The molecule has 0 aliphatic rings. The molecular formula is C13H12N4OS. The van der Waals surface area contributed by atoms with Crippen molar-refractivity contribution < 1.29 is 4.52 Å². The Morgan fingerprint density at radius 1 is 1.32 bits per heavy atom. The van der Waals surface area contributed by atoms with E-state index in [-0.39, 0.29) is 0 Å². The minimum absolute atomic E-state index is 0.490. The molecule has 0 aliphatic carbocycles. The maximum atomic E-state index is 5.30. The van der Waals surface area contributed by atoms with Gasteiger partial charge in [-0.05, 0) is 17.8 Å². The first-order chi connectivity index (χ1) is 9.24. The van der Waals surface area contributed by atoms with E-state index in [1.165, 1.54) is 0 Å². The molecule has 96 valence electrons. The molecule has 6 heteroatoms. The third kappa shape index (κ3) is 2.34. The summed E-state index contributed by atoms with van der Waals surface area (Å²) in [6.45, 7) is 2.26. The van der Waals surface area contributed by atoms with Crippen LogP contribution in [0.2, 0.25) is 0 Å². The fourth-order valence-electron chi connectivity index (χ4n) is 1.95. The average molecular weight is 272 g/mol. The van der Waals surface area contributed by atoms with Crippen LogP contribution in [0.5, 0.6) is 0 Å². The van der Waals surface area contributed by atoms with Crippen LogP contribution in [-0.4, -0.2) is 19.7 Å². The molecule has 0 fully saturated rings. The summed E-state index contributed by atoms with van der Waals surface area (Å²) in [4.78, 5) is 7.26. The first-order valence-corrected chi connectivity index (χ1v) is 6.27. The van der Waals surface area contributed by atoms with Crippen molar-refractivity contribution in [1.29, 1.82) is 0 Å². The van der Waals surface area contributed by atoms with Crippen LogP contribution in [0.25, 0.3) is 11.3 Å². The van der Waals surface area contributed by atoms with Crippen molar-refractivity contribution in [3.05, 3.63) is 53.0 Å². The quantitative estimate of drug-likeness (QED) is 0.745. The second-order valence-electron chi connectivity index (χ2n) is 4.16. The molecule has 1 N–H and O–H groups in total. The summed E-state index contributed by atoms with van der Waals surface area (Å²) in [6.07, 6.45) is 1.89. The van der Waals surface area contributed by atoms with Crippen molar-refractivity contribution in [3.63, 3.8) is 0 Å². The molecule has 5 nitrogen and oxygen atoms in total. The Hall–Kier alpha value is -2.21. The summed E-state index contributed by atoms with van der Waals surface area (Å²) >= 11 is 5.30. The van der Waals surface area contributed by atoms with E-state index in [4.69, 9.17) is 16.7 Å². The van der Waals surface area contributed by atoms with Crippen LogP contribution < -0.4 is 0 Å². The predicted molar refractivity (Wildman–Crippen MR) is 73.2 cm³/mol. The van der Waals surface area contributed by atoms with Gasteiger partial charge < -0.3 is 14.1 Å². The third-order valence-electron chi connectivity index (χ3n) is 2.81. The van der Waals surface area contributed by atoms with E-state index in [2.05, 4.69) is 15.1 Å². The van der Waals surface area contributed by atoms with Crippen molar-refractivity contribution in [3.8, 4) is 11.3 Å². The zero-order valence-corrected chi connectivity index (χ0v) is 11.1. The average Bonchev–Trinajstić information content (AvgIpc) is 2.99. The highest BCUT2D eigenvalue weighted by molar-refractivity contribution is 7.71. The van der Waals surface area contributed by atoms with Crippen molar-refractivity contribution >= 4 is 12.2 Å². The van der Waals surface area contributed by atoms with E-state index < -0.39 is 0 Å². The molecule has 0 radical (unpaired) electrons. The molecule has 0 atom stereocenters. The van der Waals surface area contributed by atoms with E-state index in [9.17, 15) is 0 Å². The molecule has 0 unspecified atom stereocenters. The molecule has 0 saturated carbocycles. The molecular weight excluding hydrogens is 260 g/mol. The van der Waals surface area contributed by atoms with Gasteiger partial charge >= 0.3 is 0 Å². The number of hydrogen-bond donors (Lipinski definition) is 1. The number of H-pyrrole nitrogens is 1. The van der Waals surface area contributed by atoms with E-state index in [1.807, 2.05) is 41.1 Å². The SMILES string of the molecule is Cc1nc(Cn2c(-c3ccccc3)c[nH]c2=S)no1. The largest absolute Gasteiger partial charge is 0.340 e. The molecule has 19 heavy (non-hydrogen) atoms. The number of benzene rings is 1. The van der Waals surface area contributed by atoms with Crippen LogP contribution in [0, 0.1) is 11.7 Å². The van der Waals surface area contributed by atoms with Crippen LogP contribution >= 0.6 is 12.2 Å². The van der Waals surface area contributed by atoms with E-state index in [1.54, 1.807) is 6.92 Å². The normalized spacial score (nSPS) is 10.8. The Balaban J connectivity index is 2.02. The van der Waals surface area contributed by atoms with Gasteiger partial charge in [-0.1, -0.05) is 35.5 Å². The summed E-state index contributed by atoms with van der Waals surface area (Å²) in [5, 5.41) is 3.90. The Labute approximate surface area is 114 Å². The number of hydrogen-bond acceptors (Lipinski definition) is 4. The number of nitrogens with zero attached hydrogens (tertiary/aromatic N) is 3. The van der Waals surface area contributed by atoms with Crippen LogP contribution in [0.1, 0.15) is 11.7 Å². The highest BCUT2D eigenvalue weighted by Crippen LogP contribution is 2.19. The number of aryl methyl sites for hydroxylation is 1. The minimum Gasteiger partial charge on any atom is -0.340 e. The second-order valence-corrected chi connectivity index (χ2v) is 4.55. The van der Waals surface area contributed by atoms with E-state index >= 15 is 0 Å². The maximum absolute atomic E-state index is 5.30. The molecule has 3 rings (SSSR count). The van der Waals surface area contributed by atoms with E-state index in [0.717, 1.165) is 11.3 Å². The molecule has 1 aromatic carbocycles. The first-order valence-electron chi connectivity index (χ1n) is 5.87. The number of aromatic nitrogens is 4. The highest BCUT2D eigenvalue weighted by atomic mass is 32.1. The second kappa shape index (κ2) is 4.81. The number of aromatic amines is 1. The summed E-state index contributed by atoms with van der Waals surface area (Å²) in [5.74, 6) is 1.17. The van der Waals surface area contributed by atoms with Crippen molar-refractivity contribution in [2.75, 3.05) is 0 Å². The topological polar surface area (TPSA) is 59.6 Å². The lowest BCUT2D eigenvalue weighted by atomic mass is 10.2. The van der Waals surface area contributed by atoms with Gasteiger partial charge in [0, 0.05) is 13.1 Å². The summed E-state index contributed by atoms with van der Waals surface area (Å²) in [5.41, 5.74) is 2.10. The van der Waals surface area contributed by atoms with Crippen molar-refractivity contribution in [1.82, 2.24) is 19.7 Å². The Bertz CT molecular complexity index is 741. The van der Waals surface area contributed by atoms with Gasteiger partial charge in [-0.15, -0.1) is 0 Å². The standard InChI is InChI=1S/C13H12N4OS/c1-9-15-12(16-18-9)8-17-11(7-14-13(17)19)10-5-3-2-4-6-10/h2-7H,8H2,1H3,(H,14,19). The smallest absolute Gasteiger partial charge is 0.223 e. The summed E-state index contributed by atoms with van der Waals surface area (Å²) in [6, 6.07) is 10.0. The lowest BCUT2D eigenvalue weighted by molar-refractivity contribution is 0.386. The van der Waals surface area contributed by atoms with Gasteiger partial charge in [0.15, 0.2) is 10.6 Å². The molecule has 0 saturated heterocycles. The Kier molecular flexibility index (Phi) is 3.00. The number of imidazole rings is 1. The monoisotopic (exact) mass is 272 g/mol. The third-order valence-corrected chi connectivity index (χ3v) is 3.15. The molecule has 2 heterocycles. The van der Waals surface area contributed by atoms with Crippen LogP contribution in [-0.2, 0) is 6.54 Å². The molecule has 0 bridgehead atoms. The maximum Gasteiger partial charge on any atom is 0.223 e. The predicted octanol–water partition coefficient (Wildman–Crippen LogP) is 2.95. The van der Waals surface area contributed by atoms with Gasteiger partial charge in [0.2, 0.25) is 5.89 Å². The summed E-state index contributed by atoms with van der Waals surface area (Å²) < 4.78 is 7.57. The van der Waals surface area contributed by atoms with Crippen LogP contribution in [0.3, 0.4) is 0 Å². The van der Waals surface area contributed by atoms with Crippen molar-refractivity contribution in [2.24, 2.45) is 0 Å². The summed E-state index contributed by atoms with van der Waals surface area (Å²) in [7, 11) is 0. The van der Waals surface area contributed by atoms with Gasteiger partial charge in [-0.25, -0.2) is 0 Å². The lowest BCUT2D eigenvalue weighted by Crippen LogP contribution is -2.03. The van der Waals surface area contributed by atoms with Crippen LogP contribution in [0.4, 0.5) is 0 Å². The van der Waals surface area contributed by atoms with Gasteiger partial charge in [-0.2, -0.15) is 4.98 Å². The molecule has 0 amide bonds. The zero-order chi connectivity index (χ0) is 13.2. The van der Waals surface area contributed by atoms with Gasteiger partial charge in [0.1, 0.15) is 0 Å². The fraction of sp³-hybridized carbons (Fsp3) is 0.154. The minimum atomic E-state index is 0.490. The van der Waals surface area contributed by atoms with E-state index in [0.29, 0.717) is 23.0 Å². The molecule has 3 aromatic rings. The highest BCUT2D eigenvalue weighted by Gasteiger charge is 2.10. The zero-order valence-electron chi connectivity index (χ0n) is 10.3. The van der Waals surface area contributed by atoms with Gasteiger partial charge in [0.25, 0.3) is 0 Å². The first kappa shape index (κ1) is 11.9. The van der Waals surface area contributed by atoms with Gasteiger partial charge in [0.05, 0.1) is 12.2 Å².